The number of nitrogens with zero attached hydrogens (tertiary/aromatic N) is 2. The summed E-state index contributed by atoms with van der Waals surface area (Å²) in [6.07, 6.45) is 3.37. The number of hydrogen-bond donors (Lipinski definition) is 1. The molecule has 3 aromatic rings. The molecule has 33 heavy (non-hydrogen) atoms. The van der Waals surface area contributed by atoms with E-state index in [1.54, 1.807) is 6.20 Å². The fourth-order valence-corrected chi connectivity index (χ4v) is 4.37. The first-order chi connectivity index (χ1) is 16.1. The normalized spacial score (nSPS) is 15.7. The maximum atomic E-state index is 13.1. The monoisotopic (exact) mass is 483 g/mol. The van der Waals surface area contributed by atoms with Crippen LogP contribution in [0.4, 0.5) is 0 Å². The Kier molecular flexibility index (Phi) is 8.21. The van der Waals surface area contributed by atoms with Gasteiger partial charge in [-0.25, -0.2) is 0 Å². The number of benzene rings is 2. The SMILES string of the molecule is O=C(N[C@@H](c1ccc(Cl)cc1)c1ccccn1)C1CCN(CCOc2ccccc2Cl)CC1. The molecule has 1 aliphatic heterocycles. The van der Waals surface area contributed by atoms with E-state index in [2.05, 4.69) is 15.2 Å². The van der Waals surface area contributed by atoms with E-state index in [-0.39, 0.29) is 17.9 Å². The Bertz CT molecular complexity index is 1040. The number of amides is 1. The van der Waals surface area contributed by atoms with Gasteiger partial charge >= 0.3 is 0 Å². The number of carbonyl (C=O) groups is 1. The van der Waals surface area contributed by atoms with Crippen molar-refractivity contribution in [3.05, 3.63) is 94.2 Å². The molecule has 1 aliphatic rings. The zero-order chi connectivity index (χ0) is 23.0. The van der Waals surface area contributed by atoms with Crippen molar-refractivity contribution >= 4 is 29.1 Å². The highest BCUT2D eigenvalue weighted by molar-refractivity contribution is 6.32. The third-order valence-corrected chi connectivity index (χ3v) is 6.50. The van der Waals surface area contributed by atoms with Crippen LogP contribution in [0.5, 0.6) is 5.75 Å². The third kappa shape index (κ3) is 6.47. The highest BCUT2D eigenvalue weighted by Crippen LogP contribution is 2.25. The van der Waals surface area contributed by atoms with Crippen molar-refractivity contribution in [3.8, 4) is 5.75 Å². The average Bonchev–Trinajstić information content (AvgIpc) is 2.85. The summed E-state index contributed by atoms with van der Waals surface area (Å²) in [7, 11) is 0. The predicted octanol–water partition coefficient (Wildman–Crippen LogP) is 5.39. The zero-order valence-electron chi connectivity index (χ0n) is 18.3. The largest absolute Gasteiger partial charge is 0.491 e. The molecule has 1 saturated heterocycles. The molecule has 1 N–H and O–H groups in total. The average molecular weight is 484 g/mol. The van der Waals surface area contributed by atoms with Crippen LogP contribution in [0, 0.1) is 5.92 Å². The molecule has 1 fully saturated rings. The van der Waals surface area contributed by atoms with E-state index in [1.807, 2.05) is 66.7 Å². The van der Waals surface area contributed by atoms with Gasteiger partial charge in [-0.15, -0.1) is 0 Å². The van der Waals surface area contributed by atoms with Crippen molar-refractivity contribution < 1.29 is 9.53 Å². The van der Waals surface area contributed by atoms with Gasteiger partial charge in [-0.2, -0.15) is 0 Å². The topological polar surface area (TPSA) is 54.5 Å². The number of ether oxygens (including phenoxy) is 1. The Morgan fingerprint density at radius 2 is 1.76 bits per heavy atom. The van der Waals surface area contributed by atoms with Crippen molar-refractivity contribution in [2.45, 2.75) is 18.9 Å². The van der Waals surface area contributed by atoms with E-state index in [9.17, 15) is 4.79 Å². The lowest BCUT2D eigenvalue weighted by Gasteiger charge is -2.32. The second-order valence-electron chi connectivity index (χ2n) is 8.14. The first kappa shape index (κ1) is 23.6. The maximum Gasteiger partial charge on any atom is 0.224 e. The van der Waals surface area contributed by atoms with Crippen LogP contribution in [0.1, 0.15) is 30.1 Å². The first-order valence-corrected chi connectivity index (χ1v) is 11.9. The van der Waals surface area contributed by atoms with Crippen LogP contribution in [0.15, 0.2) is 72.9 Å². The van der Waals surface area contributed by atoms with Gasteiger partial charge in [-0.1, -0.05) is 53.5 Å². The summed E-state index contributed by atoms with van der Waals surface area (Å²) < 4.78 is 5.80. The van der Waals surface area contributed by atoms with E-state index < -0.39 is 0 Å². The van der Waals surface area contributed by atoms with Crippen molar-refractivity contribution in [3.63, 3.8) is 0 Å². The second-order valence-corrected chi connectivity index (χ2v) is 8.99. The van der Waals surface area contributed by atoms with Gasteiger partial charge in [0.15, 0.2) is 0 Å². The highest BCUT2D eigenvalue weighted by Gasteiger charge is 2.27. The lowest BCUT2D eigenvalue weighted by molar-refractivity contribution is -0.127. The number of pyridine rings is 1. The van der Waals surface area contributed by atoms with Crippen LogP contribution in [0.25, 0.3) is 0 Å². The molecule has 0 radical (unpaired) electrons. The number of likely N-dealkylation sites (tertiary alicyclic amines) is 1. The molecule has 1 amide bonds. The van der Waals surface area contributed by atoms with Crippen molar-refractivity contribution in [1.29, 1.82) is 0 Å². The first-order valence-electron chi connectivity index (χ1n) is 11.2. The summed E-state index contributed by atoms with van der Waals surface area (Å²) >= 11 is 12.2. The summed E-state index contributed by atoms with van der Waals surface area (Å²) in [6.45, 7) is 3.10. The molecule has 2 aromatic carbocycles. The van der Waals surface area contributed by atoms with E-state index >= 15 is 0 Å². The van der Waals surface area contributed by atoms with Gasteiger partial charge in [0.05, 0.1) is 16.8 Å². The minimum Gasteiger partial charge on any atom is -0.491 e. The highest BCUT2D eigenvalue weighted by atomic mass is 35.5. The lowest BCUT2D eigenvalue weighted by atomic mass is 9.94. The second kappa shape index (κ2) is 11.5. The fraction of sp³-hybridized carbons (Fsp3) is 0.308. The van der Waals surface area contributed by atoms with E-state index in [1.165, 1.54) is 0 Å². The molecule has 1 aromatic heterocycles. The number of hydrogen-bond acceptors (Lipinski definition) is 4. The van der Waals surface area contributed by atoms with E-state index in [0.717, 1.165) is 43.7 Å². The Balaban J connectivity index is 1.30. The summed E-state index contributed by atoms with van der Waals surface area (Å²) in [4.78, 5) is 19.9. The van der Waals surface area contributed by atoms with Gasteiger partial charge < -0.3 is 10.1 Å². The standard InChI is InChI=1S/C26H27Cl2N3O2/c27-21-10-8-19(9-11-21)25(23-6-3-4-14-29-23)30-26(32)20-12-15-31(16-13-20)17-18-33-24-7-2-1-5-22(24)28/h1-11,14,20,25H,12-13,15-18H2,(H,30,32)/t25-/m0/s1. The smallest absolute Gasteiger partial charge is 0.224 e. The van der Waals surface area contributed by atoms with E-state index in [0.29, 0.717) is 22.4 Å². The van der Waals surface area contributed by atoms with Crippen LogP contribution in [-0.2, 0) is 4.79 Å². The van der Waals surface area contributed by atoms with Crippen LogP contribution < -0.4 is 10.1 Å². The lowest BCUT2D eigenvalue weighted by Crippen LogP contribution is -2.42. The Hall–Kier alpha value is -2.60. The Labute approximate surface area is 204 Å². The number of carbonyl (C=O) groups excluding carboxylic acids is 1. The number of para-hydroxylation sites is 1. The van der Waals surface area contributed by atoms with Crippen LogP contribution in [-0.4, -0.2) is 42.0 Å². The fourth-order valence-electron chi connectivity index (χ4n) is 4.06. The molecule has 0 unspecified atom stereocenters. The molecule has 172 valence electrons. The zero-order valence-corrected chi connectivity index (χ0v) is 19.8. The van der Waals surface area contributed by atoms with Crippen LogP contribution in [0.2, 0.25) is 10.0 Å². The summed E-state index contributed by atoms with van der Waals surface area (Å²) in [6, 6.07) is 20.5. The van der Waals surface area contributed by atoms with Crippen molar-refractivity contribution in [2.75, 3.05) is 26.2 Å². The van der Waals surface area contributed by atoms with Gasteiger partial charge in [-0.3, -0.25) is 14.7 Å². The van der Waals surface area contributed by atoms with Gasteiger partial charge in [-0.05, 0) is 67.9 Å². The predicted molar refractivity (Wildman–Crippen MR) is 132 cm³/mol. The van der Waals surface area contributed by atoms with Crippen LogP contribution >= 0.6 is 23.2 Å². The number of halogens is 2. The molecular formula is C26H27Cl2N3O2. The van der Waals surface area contributed by atoms with E-state index in [4.69, 9.17) is 27.9 Å². The molecule has 0 spiro atoms. The van der Waals surface area contributed by atoms with Crippen molar-refractivity contribution in [2.24, 2.45) is 5.92 Å². The Morgan fingerprint density at radius 3 is 2.45 bits per heavy atom. The molecule has 1 atom stereocenters. The number of nitrogens with one attached hydrogen (secondary N) is 1. The van der Waals surface area contributed by atoms with Gasteiger partial charge in [0.25, 0.3) is 0 Å². The van der Waals surface area contributed by atoms with Gasteiger partial charge in [0.1, 0.15) is 12.4 Å². The summed E-state index contributed by atoms with van der Waals surface area (Å²) in [5.41, 5.74) is 1.77. The van der Waals surface area contributed by atoms with Gasteiger partial charge in [0, 0.05) is 23.7 Å². The maximum absolute atomic E-state index is 13.1. The molecular weight excluding hydrogens is 457 g/mol. The third-order valence-electron chi connectivity index (χ3n) is 5.93. The van der Waals surface area contributed by atoms with Gasteiger partial charge in [0.2, 0.25) is 5.91 Å². The number of aromatic nitrogens is 1. The molecule has 2 heterocycles. The molecule has 5 nitrogen and oxygen atoms in total. The molecule has 0 saturated carbocycles. The quantitative estimate of drug-likeness (QED) is 0.466. The molecule has 0 aliphatic carbocycles. The minimum absolute atomic E-state index is 0.0238. The minimum atomic E-state index is -0.307. The number of piperidine rings is 1. The molecule has 0 bridgehead atoms. The molecule has 7 heteroatoms. The number of rotatable bonds is 8. The molecule has 4 rings (SSSR count). The summed E-state index contributed by atoms with van der Waals surface area (Å²) in [5, 5.41) is 4.51. The van der Waals surface area contributed by atoms with Crippen molar-refractivity contribution in [1.82, 2.24) is 15.2 Å². The summed E-state index contributed by atoms with van der Waals surface area (Å²) in [5.74, 6) is 0.744. The Morgan fingerprint density at radius 1 is 1.03 bits per heavy atom. The van der Waals surface area contributed by atoms with Crippen LogP contribution in [0.3, 0.4) is 0 Å².